The van der Waals surface area contributed by atoms with Crippen molar-refractivity contribution in [2.75, 3.05) is 32.8 Å². The first-order valence-electron chi connectivity index (χ1n) is 7.82. The molecular weight excluding hydrogens is 314 g/mol. The first-order valence-corrected chi connectivity index (χ1v) is 7.82. The predicted molar refractivity (Wildman–Crippen MR) is 86.0 cm³/mol. The van der Waals surface area contributed by atoms with Gasteiger partial charge in [-0.05, 0) is 25.1 Å². The van der Waals surface area contributed by atoms with E-state index in [1.54, 1.807) is 42.0 Å². The molecule has 8 nitrogen and oxygen atoms in total. The van der Waals surface area contributed by atoms with E-state index >= 15 is 0 Å². The van der Waals surface area contributed by atoms with Gasteiger partial charge in [0, 0.05) is 38.8 Å². The van der Waals surface area contributed by atoms with Crippen molar-refractivity contribution in [1.29, 1.82) is 0 Å². The van der Waals surface area contributed by atoms with Crippen molar-refractivity contribution >= 4 is 23.1 Å². The molecule has 1 aliphatic rings. The summed E-state index contributed by atoms with van der Waals surface area (Å²) < 4.78 is 11.4. The molecule has 2 amide bonds. The summed E-state index contributed by atoms with van der Waals surface area (Å²) in [7, 11) is 1.60. The van der Waals surface area contributed by atoms with Crippen LogP contribution in [0.15, 0.2) is 27.4 Å². The second-order valence-corrected chi connectivity index (χ2v) is 5.59. The Balaban J connectivity index is 1.72. The third-order valence-corrected chi connectivity index (χ3v) is 4.13. The predicted octanol–water partition coefficient (Wildman–Crippen LogP) is 1.05. The molecule has 0 unspecified atom stereocenters. The highest BCUT2D eigenvalue weighted by Gasteiger charge is 2.25. The molecule has 2 aromatic rings. The van der Waals surface area contributed by atoms with Gasteiger partial charge in [0.1, 0.15) is 0 Å². The third-order valence-electron chi connectivity index (χ3n) is 4.13. The Labute approximate surface area is 138 Å². The van der Waals surface area contributed by atoms with E-state index in [-0.39, 0.29) is 12.0 Å². The highest BCUT2D eigenvalue weighted by molar-refractivity contribution is 5.97. The molecule has 0 atom stereocenters. The lowest BCUT2D eigenvalue weighted by molar-refractivity contribution is 0.0570. The standard InChI is InChI=1S/C16H19N3O5/c1-3-23-16(22)19-8-6-18(7-9-19)14(20)11-4-5-13-12(10-11)17(2)15(21)24-13/h4-5,10H,3,6-9H2,1-2H3. The van der Waals surface area contributed by atoms with Crippen molar-refractivity contribution in [1.82, 2.24) is 14.4 Å². The molecule has 0 radical (unpaired) electrons. The van der Waals surface area contributed by atoms with Gasteiger partial charge in [0.2, 0.25) is 0 Å². The van der Waals surface area contributed by atoms with Gasteiger partial charge in [-0.3, -0.25) is 9.36 Å². The quantitative estimate of drug-likeness (QED) is 0.820. The molecule has 1 aliphatic heterocycles. The second kappa shape index (κ2) is 6.38. The van der Waals surface area contributed by atoms with E-state index in [2.05, 4.69) is 0 Å². The minimum absolute atomic E-state index is 0.131. The molecule has 128 valence electrons. The van der Waals surface area contributed by atoms with Gasteiger partial charge in [-0.15, -0.1) is 0 Å². The highest BCUT2D eigenvalue weighted by Crippen LogP contribution is 2.16. The molecule has 3 rings (SSSR count). The maximum atomic E-state index is 12.6. The number of ether oxygens (including phenoxy) is 1. The van der Waals surface area contributed by atoms with Crippen molar-refractivity contribution < 1.29 is 18.7 Å². The van der Waals surface area contributed by atoms with Crippen molar-refractivity contribution in [3.8, 4) is 0 Å². The van der Waals surface area contributed by atoms with Gasteiger partial charge in [0.05, 0.1) is 12.1 Å². The Bertz CT molecular complexity index is 830. The molecule has 0 N–H and O–H groups in total. The van der Waals surface area contributed by atoms with E-state index in [0.717, 1.165) is 0 Å². The van der Waals surface area contributed by atoms with Crippen LogP contribution in [0.4, 0.5) is 4.79 Å². The third kappa shape index (κ3) is 2.86. The van der Waals surface area contributed by atoms with Crippen LogP contribution in [0.1, 0.15) is 17.3 Å². The first-order chi connectivity index (χ1) is 11.5. The number of aromatic nitrogens is 1. The number of hydrogen-bond acceptors (Lipinski definition) is 5. The van der Waals surface area contributed by atoms with Gasteiger partial charge in [0.15, 0.2) is 5.58 Å². The SMILES string of the molecule is CCOC(=O)N1CCN(C(=O)c2ccc3oc(=O)n(C)c3c2)CC1. The summed E-state index contributed by atoms with van der Waals surface area (Å²) in [4.78, 5) is 39.1. The fourth-order valence-electron chi connectivity index (χ4n) is 2.75. The fraction of sp³-hybridized carbons (Fsp3) is 0.438. The van der Waals surface area contributed by atoms with Crippen molar-refractivity contribution in [2.24, 2.45) is 7.05 Å². The number of amides is 2. The van der Waals surface area contributed by atoms with Crippen molar-refractivity contribution in [3.05, 3.63) is 34.3 Å². The number of aryl methyl sites for hydroxylation is 1. The minimum atomic E-state index is -0.461. The molecule has 2 heterocycles. The molecule has 1 aromatic heterocycles. The Morgan fingerprint density at radius 2 is 1.83 bits per heavy atom. The molecule has 8 heteroatoms. The summed E-state index contributed by atoms with van der Waals surface area (Å²) in [5.74, 6) is -0.591. The van der Waals surface area contributed by atoms with Crippen LogP contribution in [0.3, 0.4) is 0 Å². The smallest absolute Gasteiger partial charge is 0.419 e. The zero-order valence-electron chi connectivity index (χ0n) is 13.7. The lowest BCUT2D eigenvalue weighted by Crippen LogP contribution is -2.50. The van der Waals surface area contributed by atoms with Crippen molar-refractivity contribution in [3.63, 3.8) is 0 Å². The number of fused-ring (bicyclic) bond motifs is 1. The zero-order chi connectivity index (χ0) is 17.3. The molecule has 0 spiro atoms. The number of piperazine rings is 1. The van der Waals surface area contributed by atoms with Crippen LogP contribution >= 0.6 is 0 Å². The van der Waals surface area contributed by atoms with Gasteiger partial charge in [0.25, 0.3) is 5.91 Å². The molecule has 24 heavy (non-hydrogen) atoms. The number of nitrogens with zero attached hydrogens (tertiary/aromatic N) is 3. The van der Waals surface area contributed by atoms with Gasteiger partial charge in [-0.25, -0.2) is 9.59 Å². The number of benzene rings is 1. The number of hydrogen-bond donors (Lipinski definition) is 0. The van der Waals surface area contributed by atoms with Crippen LogP contribution in [0.25, 0.3) is 11.1 Å². The molecule has 1 aromatic carbocycles. The van der Waals surface area contributed by atoms with E-state index in [9.17, 15) is 14.4 Å². The lowest BCUT2D eigenvalue weighted by Gasteiger charge is -2.34. The summed E-state index contributed by atoms with van der Waals surface area (Å²) in [6, 6.07) is 4.92. The van der Waals surface area contributed by atoms with Gasteiger partial charge in [-0.1, -0.05) is 0 Å². The van der Waals surface area contributed by atoms with Crippen LogP contribution in [0.2, 0.25) is 0 Å². The first kappa shape index (κ1) is 16.1. The van der Waals surface area contributed by atoms with Crippen LogP contribution in [-0.4, -0.2) is 59.2 Å². The zero-order valence-corrected chi connectivity index (χ0v) is 13.7. The Hall–Kier alpha value is -2.77. The largest absolute Gasteiger partial charge is 0.450 e. The van der Waals surface area contributed by atoms with E-state index in [1.165, 1.54) is 4.57 Å². The van der Waals surface area contributed by atoms with E-state index < -0.39 is 5.76 Å². The normalized spacial score (nSPS) is 14.9. The van der Waals surface area contributed by atoms with Gasteiger partial charge >= 0.3 is 11.8 Å². The summed E-state index contributed by atoms with van der Waals surface area (Å²) in [6.07, 6.45) is -0.348. The summed E-state index contributed by atoms with van der Waals surface area (Å²) in [5.41, 5.74) is 1.52. The molecule has 0 saturated carbocycles. The number of carbonyl (C=O) groups is 2. The summed E-state index contributed by atoms with van der Waals surface area (Å²) in [5, 5.41) is 0. The second-order valence-electron chi connectivity index (χ2n) is 5.59. The monoisotopic (exact) mass is 333 g/mol. The topological polar surface area (TPSA) is 85.0 Å². The summed E-state index contributed by atoms with van der Waals surface area (Å²) in [6.45, 7) is 3.87. The molecule has 0 bridgehead atoms. The average Bonchev–Trinajstić information content (AvgIpc) is 2.88. The van der Waals surface area contributed by atoms with Gasteiger partial charge in [-0.2, -0.15) is 0 Å². The molecule has 0 aliphatic carbocycles. The Morgan fingerprint density at radius 3 is 2.50 bits per heavy atom. The van der Waals surface area contributed by atoms with E-state index in [0.29, 0.717) is 49.4 Å². The Kier molecular flexibility index (Phi) is 4.28. The van der Waals surface area contributed by atoms with Crippen molar-refractivity contribution in [2.45, 2.75) is 6.92 Å². The average molecular weight is 333 g/mol. The van der Waals surface area contributed by atoms with E-state index in [4.69, 9.17) is 9.15 Å². The molecule has 1 fully saturated rings. The number of oxazole rings is 1. The van der Waals surface area contributed by atoms with Gasteiger partial charge < -0.3 is 19.0 Å². The minimum Gasteiger partial charge on any atom is -0.450 e. The highest BCUT2D eigenvalue weighted by atomic mass is 16.6. The maximum absolute atomic E-state index is 12.6. The Morgan fingerprint density at radius 1 is 1.17 bits per heavy atom. The van der Waals surface area contributed by atoms with Crippen LogP contribution in [0, 0.1) is 0 Å². The van der Waals surface area contributed by atoms with Crippen LogP contribution in [0.5, 0.6) is 0 Å². The van der Waals surface area contributed by atoms with Crippen LogP contribution < -0.4 is 5.76 Å². The fourth-order valence-corrected chi connectivity index (χ4v) is 2.75. The number of carbonyl (C=O) groups excluding carboxylic acids is 2. The maximum Gasteiger partial charge on any atom is 0.419 e. The number of rotatable bonds is 2. The lowest BCUT2D eigenvalue weighted by atomic mass is 10.1. The van der Waals surface area contributed by atoms with Crippen LogP contribution in [-0.2, 0) is 11.8 Å². The van der Waals surface area contributed by atoms with E-state index in [1.807, 2.05) is 0 Å². The molecular formula is C16H19N3O5. The molecule has 1 saturated heterocycles. The summed E-state index contributed by atoms with van der Waals surface area (Å²) >= 11 is 0.